The summed E-state index contributed by atoms with van der Waals surface area (Å²) in [5, 5.41) is 4.64. The summed E-state index contributed by atoms with van der Waals surface area (Å²) < 4.78 is 11.2. The maximum atomic E-state index is 11.9. The summed E-state index contributed by atoms with van der Waals surface area (Å²) in [6.45, 7) is 4.32. The van der Waals surface area contributed by atoms with Gasteiger partial charge in [-0.05, 0) is 73.0 Å². The lowest BCUT2D eigenvalue weighted by molar-refractivity contribution is -0.123. The number of halogens is 1. The predicted octanol–water partition coefficient (Wildman–Crippen LogP) is 5.06. The van der Waals surface area contributed by atoms with Crippen LogP contribution in [0.15, 0.2) is 71.8 Å². The van der Waals surface area contributed by atoms with Gasteiger partial charge in [-0.15, -0.1) is 0 Å². The third kappa shape index (κ3) is 6.36. The van der Waals surface area contributed by atoms with Gasteiger partial charge in [0.15, 0.2) is 6.61 Å². The van der Waals surface area contributed by atoms with Crippen molar-refractivity contribution in [3.63, 3.8) is 0 Å². The zero-order valence-corrected chi connectivity index (χ0v) is 17.6. The number of benzene rings is 3. The van der Waals surface area contributed by atoms with Crippen molar-refractivity contribution in [2.24, 2.45) is 5.10 Å². The Morgan fingerprint density at radius 2 is 1.70 bits per heavy atom. The summed E-state index contributed by atoms with van der Waals surface area (Å²) in [5.41, 5.74) is 6.50. The zero-order valence-electron chi connectivity index (χ0n) is 16.9. The van der Waals surface area contributed by atoms with Crippen LogP contribution in [0.5, 0.6) is 11.5 Å². The summed E-state index contributed by atoms with van der Waals surface area (Å²) in [6, 6.07) is 20.6. The number of nitrogens with one attached hydrogen (secondary N) is 1. The molecule has 3 rings (SSSR count). The lowest BCUT2D eigenvalue weighted by atomic mass is 10.1. The molecule has 1 amide bonds. The minimum Gasteiger partial charge on any atom is -0.489 e. The molecule has 0 saturated heterocycles. The van der Waals surface area contributed by atoms with E-state index >= 15 is 0 Å². The fourth-order valence-electron chi connectivity index (χ4n) is 2.59. The Balaban J connectivity index is 1.43. The summed E-state index contributed by atoms with van der Waals surface area (Å²) in [4.78, 5) is 11.9. The molecule has 0 spiro atoms. The van der Waals surface area contributed by atoms with Crippen LogP contribution in [0.3, 0.4) is 0 Å². The fraction of sp³-hybridized carbons (Fsp3) is 0.167. The van der Waals surface area contributed by atoms with E-state index in [-0.39, 0.29) is 12.5 Å². The monoisotopic (exact) mass is 422 g/mol. The molecular formula is C24H23ClN2O3. The Morgan fingerprint density at radius 3 is 2.43 bits per heavy atom. The molecule has 0 unspecified atom stereocenters. The number of carbonyl (C=O) groups excluding carboxylic acids is 1. The number of aryl methyl sites for hydroxylation is 2. The SMILES string of the molecule is Cc1ccc(OCC(=O)NN=Cc2ccc(OCc3ccccc3Cl)cc2)cc1C. The lowest BCUT2D eigenvalue weighted by Gasteiger charge is -2.08. The van der Waals surface area contributed by atoms with E-state index in [1.54, 1.807) is 6.21 Å². The van der Waals surface area contributed by atoms with Gasteiger partial charge in [-0.1, -0.05) is 35.9 Å². The summed E-state index contributed by atoms with van der Waals surface area (Å²) in [5.74, 6) is 1.05. The number of hydrogen-bond donors (Lipinski definition) is 1. The van der Waals surface area contributed by atoms with Gasteiger partial charge >= 0.3 is 0 Å². The highest BCUT2D eigenvalue weighted by atomic mass is 35.5. The zero-order chi connectivity index (χ0) is 21.3. The van der Waals surface area contributed by atoms with Crippen LogP contribution in [-0.4, -0.2) is 18.7 Å². The largest absolute Gasteiger partial charge is 0.489 e. The Kier molecular flexibility index (Phi) is 7.46. The molecule has 3 aromatic rings. The molecule has 1 N–H and O–H groups in total. The molecule has 5 nitrogen and oxygen atoms in total. The van der Waals surface area contributed by atoms with Gasteiger partial charge in [-0.2, -0.15) is 5.10 Å². The number of nitrogens with zero attached hydrogens (tertiary/aromatic N) is 1. The highest BCUT2D eigenvalue weighted by Gasteiger charge is 2.03. The van der Waals surface area contributed by atoms with Crippen molar-refractivity contribution in [2.45, 2.75) is 20.5 Å². The van der Waals surface area contributed by atoms with E-state index in [9.17, 15) is 4.79 Å². The van der Waals surface area contributed by atoms with Crippen LogP contribution in [0.25, 0.3) is 0 Å². The van der Waals surface area contributed by atoms with E-state index in [1.807, 2.05) is 80.6 Å². The van der Waals surface area contributed by atoms with E-state index in [1.165, 1.54) is 5.56 Å². The van der Waals surface area contributed by atoms with Crippen LogP contribution in [0.4, 0.5) is 0 Å². The number of amides is 1. The standard InChI is InChI=1S/C24H23ClN2O3/c1-17-7-10-22(13-18(17)2)30-16-24(28)27-26-14-19-8-11-21(12-9-19)29-15-20-5-3-4-6-23(20)25/h3-14H,15-16H2,1-2H3,(H,27,28). The van der Waals surface area contributed by atoms with Crippen molar-refractivity contribution in [3.05, 3.63) is 94.0 Å². The molecule has 0 bridgehead atoms. The van der Waals surface area contributed by atoms with E-state index in [2.05, 4.69) is 10.5 Å². The molecule has 0 fully saturated rings. The molecule has 0 aliphatic heterocycles. The Labute approximate surface area is 181 Å². The molecule has 154 valence electrons. The number of hydrazone groups is 1. The summed E-state index contributed by atoms with van der Waals surface area (Å²) >= 11 is 6.13. The van der Waals surface area contributed by atoms with E-state index in [0.29, 0.717) is 17.4 Å². The van der Waals surface area contributed by atoms with Crippen molar-refractivity contribution in [1.82, 2.24) is 5.43 Å². The quantitative estimate of drug-likeness (QED) is 0.407. The van der Waals surface area contributed by atoms with Crippen LogP contribution >= 0.6 is 11.6 Å². The highest BCUT2D eigenvalue weighted by molar-refractivity contribution is 6.31. The second-order valence-corrected chi connectivity index (χ2v) is 7.18. The van der Waals surface area contributed by atoms with Crippen molar-refractivity contribution < 1.29 is 14.3 Å². The van der Waals surface area contributed by atoms with Gasteiger partial charge < -0.3 is 9.47 Å². The first-order valence-electron chi connectivity index (χ1n) is 9.49. The van der Waals surface area contributed by atoms with Gasteiger partial charge in [0.1, 0.15) is 18.1 Å². The number of ether oxygens (including phenoxy) is 2. The average Bonchev–Trinajstić information content (AvgIpc) is 2.75. The van der Waals surface area contributed by atoms with Gasteiger partial charge in [0, 0.05) is 10.6 Å². The molecule has 0 aliphatic carbocycles. The van der Waals surface area contributed by atoms with Crippen molar-refractivity contribution >= 4 is 23.7 Å². The Bertz CT molecular complexity index is 1030. The second-order valence-electron chi connectivity index (χ2n) is 6.78. The smallest absolute Gasteiger partial charge is 0.277 e. The van der Waals surface area contributed by atoms with Crippen molar-refractivity contribution in [1.29, 1.82) is 0 Å². The van der Waals surface area contributed by atoms with Crippen LogP contribution in [0.1, 0.15) is 22.3 Å². The van der Waals surface area contributed by atoms with Crippen LogP contribution < -0.4 is 14.9 Å². The van der Waals surface area contributed by atoms with Crippen LogP contribution in [-0.2, 0) is 11.4 Å². The first kappa shape index (κ1) is 21.4. The minimum absolute atomic E-state index is 0.103. The Hall–Kier alpha value is -3.31. The third-order valence-electron chi connectivity index (χ3n) is 4.48. The second kappa shape index (κ2) is 10.5. The average molecular weight is 423 g/mol. The number of carbonyl (C=O) groups is 1. The first-order valence-corrected chi connectivity index (χ1v) is 9.87. The van der Waals surface area contributed by atoms with E-state index in [0.717, 1.165) is 22.4 Å². The predicted molar refractivity (Wildman–Crippen MR) is 119 cm³/mol. The molecule has 0 atom stereocenters. The summed E-state index contributed by atoms with van der Waals surface area (Å²) in [6.07, 6.45) is 1.56. The molecule has 0 aromatic heterocycles. The number of hydrogen-bond acceptors (Lipinski definition) is 4. The molecule has 0 heterocycles. The molecule has 0 aliphatic rings. The van der Waals surface area contributed by atoms with E-state index in [4.69, 9.17) is 21.1 Å². The molecule has 30 heavy (non-hydrogen) atoms. The molecule has 6 heteroatoms. The lowest BCUT2D eigenvalue weighted by Crippen LogP contribution is -2.24. The number of rotatable bonds is 8. The Morgan fingerprint density at radius 1 is 0.967 bits per heavy atom. The van der Waals surface area contributed by atoms with Gasteiger partial charge in [-0.3, -0.25) is 4.79 Å². The van der Waals surface area contributed by atoms with Gasteiger partial charge in [0.2, 0.25) is 0 Å². The summed E-state index contributed by atoms with van der Waals surface area (Å²) in [7, 11) is 0. The molecule has 0 radical (unpaired) electrons. The third-order valence-corrected chi connectivity index (χ3v) is 4.85. The maximum Gasteiger partial charge on any atom is 0.277 e. The maximum absolute atomic E-state index is 11.9. The van der Waals surface area contributed by atoms with Gasteiger partial charge in [0.25, 0.3) is 5.91 Å². The van der Waals surface area contributed by atoms with Crippen molar-refractivity contribution in [2.75, 3.05) is 6.61 Å². The topological polar surface area (TPSA) is 59.9 Å². The molecule has 3 aromatic carbocycles. The van der Waals surface area contributed by atoms with Gasteiger partial charge in [0.05, 0.1) is 6.21 Å². The highest BCUT2D eigenvalue weighted by Crippen LogP contribution is 2.19. The fourth-order valence-corrected chi connectivity index (χ4v) is 2.78. The molecule has 0 saturated carbocycles. The van der Waals surface area contributed by atoms with E-state index < -0.39 is 0 Å². The van der Waals surface area contributed by atoms with Crippen LogP contribution in [0.2, 0.25) is 5.02 Å². The van der Waals surface area contributed by atoms with Crippen molar-refractivity contribution in [3.8, 4) is 11.5 Å². The molecular weight excluding hydrogens is 400 g/mol. The van der Waals surface area contributed by atoms with Crippen LogP contribution in [0, 0.1) is 13.8 Å². The first-order chi connectivity index (χ1) is 14.5. The normalized spacial score (nSPS) is 10.8. The minimum atomic E-state index is -0.329. The van der Waals surface area contributed by atoms with Gasteiger partial charge in [-0.25, -0.2) is 5.43 Å².